The van der Waals surface area contributed by atoms with Gasteiger partial charge in [-0.3, -0.25) is 0 Å². The standard InChI is InChI=1S/C12H19NO3S/c1-10(2)13-17(15,16)12-7-5-11(6-8-12)4-3-9-14/h5-8,10,13-14H,3-4,9H2,1-2H3. The summed E-state index contributed by atoms with van der Waals surface area (Å²) in [6.45, 7) is 3.72. The minimum Gasteiger partial charge on any atom is -0.396 e. The lowest BCUT2D eigenvalue weighted by molar-refractivity contribution is 0.288. The third kappa shape index (κ3) is 4.46. The highest BCUT2D eigenvalue weighted by Crippen LogP contribution is 2.12. The maximum absolute atomic E-state index is 11.8. The third-order valence-electron chi connectivity index (χ3n) is 2.25. The lowest BCUT2D eigenvalue weighted by Crippen LogP contribution is -2.30. The molecule has 0 fully saturated rings. The third-order valence-corrected chi connectivity index (χ3v) is 3.92. The normalized spacial score (nSPS) is 12.0. The molecule has 0 spiro atoms. The van der Waals surface area contributed by atoms with E-state index in [1.54, 1.807) is 38.1 Å². The number of benzene rings is 1. The summed E-state index contributed by atoms with van der Waals surface area (Å²) in [5, 5.41) is 8.70. The summed E-state index contributed by atoms with van der Waals surface area (Å²) in [7, 11) is -3.40. The van der Waals surface area contributed by atoms with Crippen LogP contribution in [-0.4, -0.2) is 26.2 Å². The van der Waals surface area contributed by atoms with Crippen molar-refractivity contribution < 1.29 is 13.5 Å². The first-order chi connectivity index (χ1) is 7.95. The van der Waals surface area contributed by atoms with Crippen LogP contribution in [0.5, 0.6) is 0 Å². The average Bonchev–Trinajstić information content (AvgIpc) is 2.25. The Morgan fingerprint density at radius 3 is 2.29 bits per heavy atom. The molecule has 0 amide bonds. The van der Waals surface area contributed by atoms with E-state index in [2.05, 4.69) is 4.72 Å². The monoisotopic (exact) mass is 257 g/mol. The van der Waals surface area contributed by atoms with Gasteiger partial charge in [0.2, 0.25) is 10.0 Å². The summed E-state index contributed by atoms with van der Waals surface area (Å²) >= 11 is 0. The second-order valence-electron chi connectivity index (χ2n) is 4.25. The van der Waals surface area contributed by atoms with Crippen LogP contribution in [0.25, 0.3) is 0 Å². The second kappa shape index (κ2) is 6.14. The first-order valence-electron chi connectivity index (χ1n) is 5.68. The maximum atomic E-state index is 11.8. The molecule has 17 heavy (non-hydrogen) atoms. The van der Waals surface area contributed by atoms with E-state index in [1.807, 2.05) is 0 Å². The van der Waals surface area contributed by atoms with Gasteiger partial charge in [0.15, 0.2) is 0 Å². The van der Waals surface area contributed by atoms with Crippen molar-refractivity contribution in [3.8, 4) is 0 Å². The van der Waals surface area contributed by atoms with Gasteiger partial charge in [0.25, 0.3) is 0 Å². The molecule has 0 aliphatic carbocycles. The molecule has 0 heterocycles. The van der Waals surface area contributed by atoms with E-state index in [4.69, 9.17) is 5.11 Å². The SMILES string of the molecule is CC(C)NS(=O)(=O)c1ccc(CCCO)cc1. The van der Waals surface area contributed by atoms with Crippen LogP contribution in [0.1, 0.15) is 25.8 Å². The molecular weight excluding hydrogens is 238 g/mol. The average molecular weight is 257 g/mol. The highest BCUT2D eigenvalue weighted by atomic mass is 32.2. The minimum absolute atomic E-state index is 0.117. The van der Waals surface area contributed by atoms with Crippen LogP contribution in [-0.2, 0) is 16.4 Å². The highest BCUT2D eigenvalue weighted by molar-refractivity contribution is 7.89. The van der Waals surface area contributed by atoms with Gasteiger partial charge in [0.05, 0.1) is 4.90 Å². The van der Waals surface area contributed by atoms with Crippen molar-refractivity contribution in [3.63, 3.8) is 0 Å². The van der Waals surface area contributed by atoms with Gasteiger partial charge in [-0.15, -0.1) is 0 Å². The van der Waals surface area contributed by atoms with Crippen LogP contribution >= 0.6 is 0 Å². The van der Waals surface area contributed by atoms with Gasteiger partial charge in [-0.05, 0) is 44.4 Å². The topological polar surface area (TPSA) is 66.4 Å². The summed E-state index contributed by atoms with van der Waals surface area (Å²) in [5.74, 6) is 0. The fraction of sp³-hybridized carbons (Fsp3) is 0.500. The van der Waals surface area contributed by atoms with Crippen LogP contribution in [0, 0.1) is 0 Å². The predicted molar refractivity (Wildman–Crippen MR) is 67.3 cm³/mol. The Morgan fingerprint density at radius 2 is 1.82 bits per heavy atom. The van der Waals surface area contributed by atoms with Gasteiger partial charge in [0.1, 0.15) is 0 Å². The van der Waals surface area contributed by atoms with Crippen LogP contribution in [0.4, 0.5) is 0 Å². The Kier molecular flexibility index (Phi) is 5.11. The maximum Gasteiger partial charge on any atom is 0.240 e. The van der Waals surface area contributed by atoms with Crippen molar-refractivity contribution in [2.75, 3.05) is 6.61 Å². The van der Waals surface area contributed by atoms with Gasteiger partial charge in [-0.1, -0.05) is 12.1 Å². The molecule has 5 heteroatoms. The van der Waals surface area contributed by atoms with Crippen LogP contribution in [0.15, 0.2) is 29.2 Å². The molecule has 96 valence electrons. The zero-order valence-electron chi connectivity index (χ0n) is 10.2. The summed E-state index contributed by atoms with van der Waals surface area (Å²) in [5.41, 5.74) is 1.03. The zero-order chi connectivity index (χ0) is 12.9. The molecule has 0 radical (unpaired) electrons. The van der Waals surface area contributed by atoms with Gasteiger partial charge < -0.3 is 5.11 Å². The number of aliphatic hydroxyl groups excluding tert-OH is 1. The van der Waals surface area contributed by atoms with Gasteiger partial charge in [0, 0.05) is 12.6 Å². The summed E-state index contributed by atoms with van der Waals surface area (Å²) in [4.78, 5) is 0.277. The Labute approximate surface area is 103 Å². The lowest BCUT2D eigenvalue weighted by Gasteiger charge is -2.09. The fourth-order valence-corrected chi connectivity index (χ4v) is 2.75. The van der Waals surface area contributed by atoms with E-state index in [-0.39, 0.29) is 17.5 Å². The number of nitrogens with one attached hydrogen (secondary N) is 1. The molecular formula is C12H19NO3S. The number of hydrogen-bond acceptors (Lipinski definition) is 3. The number of aryl methyl sites for hydroxylation is 1. The molecule has 0 unspecified atom stereocenters. The predicted octanol–water partition coefficient (Wildman–Crippen LogP) is 1.30. The number of sulfonamides is 1. The smallest absolute Gasteiger partial charge is 0.240 e. The van der Waals surface area contributed by atoms with Gasteiger partial charge in [-0.25, -0.2) is 13.1 Å². The molecule has 0 aliphatic heterocycles. The quantitative estimate of drug-likeness (QED) is 0.807. The fourth-order valence-electron chi connectivity index (χ4n) is 1.50. The van der Waals surface area contributed by atoms with E-state index < -0.39 is 10.0 Å². The van der Waals surface area contributed by atoms with Crippen molar-refractivity contribution >= 4 is 10.0 Å². The van der Waals surface area contributed by atoms with E-state index in [0.717, 1.165) is 12.0 Å². The first kappa shape index (κ1) is 14.2. The molecule has 1 aromatic carbocycles. The Bertz CT molecular complexity index is 437. The lowest BCUT2D eigenvalue weighted by atomic mass is 10.1. The highest BCUT2D eigenvalue weighted by Gasteiger charge is 2.14. The van der Waals surface area contributed by atoms with Crippen LogP contribution in [0.2, 0.25) is 0 Å². The Balaban J connectivity index is 2.80. The van der Waals surface area contributed by atoms with Crippen molar-refractivity contribution in [1.82, 2.24) is 4.72 Å². The molecule has 0 saturated heterocycles. The molecule has 0 bridgehead atoms. The molecule has 1 rings (SSSR count). The van der Waals surface area contributed by atoms with Crippen molar-refractivity contribution in [2.24, 2.45) is 0 Å². The number of aliphatic hydroxyl groups is 1. The van der Waals surface area contributed by atoms with Crippen molar-refractivity contribution in [1.29, 1.82) is 0 Å². The van der Waals surface area contributed by atoms with E-state index in [1.165, 1.54) is 0 Å². The van der Waals surface area contributed by atoms with Crippen LogP contribution < -0.4 is 4.72 Å². The first-order valence-corrected chi connectivity index (χ1v) is 7.16. The van der Waals surface area contributed by atoms with Crippen LogP contribution in [0.3, 0.4) is 0 Å². The number of hydrogen-bond donors (Lipinski definition) is 2. The Hall–Kier alpha value is -0.910. The molecule has 4 nitrogen and oxygen atoms in total. The van der Waals surface area contributed by atoms with Crippen molar-refractivity contribution in [3.05, 3.63) is 29.8 Å². The van der Waals surface area contributed by atoms with E-state index >= 15 is 0 Å². The van der Waals surface area contributed by atoms with Gasteiger partial charge in [-0.2, -0.15) is 0 Å². The molecule has 2 N–H and O–H groups in total. The number of rotatable bonds is 6. The minimum atomic E-state index is -3.40. The second-order valence-corrected chi connectivity index (χ2v) is 5.96. The van der Waals surface area contributed by atoms with Crippen molar-refractivity contribution in [2.45, 2.75) is 37.6 Å². The van der Waals surface area contributed by atoms with Gasteiger partial charge >= 0.3 is 0 Å². The molecule has 0 aromatic heterocycles. The zero-order valence-corrected chi connectivity index (χ0v) is 11.0. The Morgan fingerprint density at radius 1 is 1.24 bits per heavy atom. The molecule has 1 aromatic rings. The largest absolute Gasteiger partial charge is 0.396 e. The van der Waals surface area contributed by atoms with E-state index in [0.29, 0.717) is 6.42 Å². The summed E-state index contributed by atoms with van der Waals surface area (Å²) < 4.78 is 26.2. The summed E-state index contributed by atoms with van der Waals surface area (Å²) in [6, 6.07) is 6.64. The molecule has 0 aliphatic rings. The molecule has 0 atom stereocenters. The molecule has 0 saturated carbocycles. The van der Waals surface area contributed by atoms with E-state index in [9.17, 15) is 8.42 Å². The summed E-state index contributed by atoms with van der Waals surface area (Å²) in [6.07, 6.45) is 1.45.